The molecule has 3 nitrogen and oxygen atoms in total. The van der Waals surface area contributed by atoms with E-state index in [1.807, 2.05) is 6.20 Å². The summed E-state index contributed by atoms with van der Waals surface area (Å²) in [4.78, 5) is 4.25. The summed E-state index contributed by atoms with van der Waals surface area (Å²) in [7, 11) is 0. The minimum Gasteiger partial charge on any atom is -0.445 e. The molecule has 84 valence electrons. The van der Waals surface area contributed by atoms with E-state index >= 15 is 0 Å². The lowest BCUT2D eigenvalue weighted by Crippen LogP contribution is -2.08. The van der Waals surface area contributed by atoms with Crippen LogP contribution in [0.1, 0.15) is 37.3 Å². The molecule has 0 saturated carbocycles. The van der Waals surface area contributed by atoms with Gasteiger partial charge in [-0.3, -0.25) is 0 Å². The molecule has 15 heavy (non-hydrogen) atoms. The molecule has 1 aliphatic heterocycles. The minimum absolute atomic E-state index is 0.249. The first kappa shape index (κ1) is 11.0. The third kappa shape index (κ3) is 2.52. The van der Waals surface area contributed by atoms with Crippen LogP contribution in [0.15, 0.2) is 10.6 Å². The highest BCUT2D eigenvalue weighted by Gasteiger charge is 2.28. The predicted molar refractivity (Wildman–Crippen MR) is 58.3 cm³/mol. The molecule has 4 heteroatoms. The van der Waals surface area contributed by atoms with Gasteiger partial charge in [-0.05, 0) is 19.8 Å². The molecular formula is C11H16ClNO2. The fraction of sp³-hybridized carbons (Fsp3) is 0.727. The molecular weight excluding hydrogens is 214 g/mol. The highest BCUT2D eigenvalue weighted by molar-refractivity contribution is 6.17. The Labute approximate surface area is 94.8 Å². The summed E-state index contributed by atoms with van der Waals surface area (Å²) in [5, 5.41) is 0. The molecule has 1 saturated heterocycles. The molecule has 2 atom stereocenters. The van der Waals surface area contributed by atoms with E-state index in [4.69, 9.17) is 20.8 Å². The summed E-state index contributed by atoms with van der Waals surface area (Å²) in [6, 6.07) is 0. The van der Waals surface area contributed by atoms with E-state index in [0.717, 1.165) is 37.5 Å². The largest absolute Gasteiger partial charge is 0.445 e. The SMILES string of the molecule is CC1OCCC1c1cnc(CCCCl)o1. The summed E-state index contributed by atoms with van der Waals surface area (Å²) in [5.74, 6) is 2.79. The Hall–Kier alpha value is -0.540. The van der Waals surface area contributed by atoms with Crippen LogP contribution in [0, 0.1) is 0 Å². The zero-order valence-electron chi connectivity index (χ0n) is 8.91. The maximum Gasteiger partial charge on any atom is 0.194 e. The van der Waals surface area contributed by atoms with Crippen LogP contribution in [0.25, 0.3) is 0 Å². The lowest BCUT2D eigenvalue weighted by Gasteiger charge is -2.09. The van der Waals surface area contributed by atoms with Crippen molar-refractivity contribution < 1.29 is 9.15 Å². The summed E-state index contributed by atoms with van der Waals surface area (Å²) >= 11 is 5.62. The Kier molecular flexibility index (Phi) is 3.65. The van der Waals surface area contributed by atoms with Crippen molar-refractivity contribution in [3.05, 3.63) is 17.8 Å². The summed E-state index contributed by atoms with van der Waals surface area (Å²) in [5.41, 5.74) is 0. The third-order valence-corrected chi connectivity index (χ3v) is 3.10. The molecule has 0 spiro atoms. The van der Waals surface area contributed by atoms with Gasteiger partial charge >= 0.3 is 0 Å². The van der Waals surface area contributed by atoms with Gasteiger partial charge in [0.25, 0.3) is 0 Å². The Bertz CT molecular complexity index is 313. The van der Waals surface area contributed by atoms with Gasteiger partial charge in [0.05, 0.1) is 12.3 Å². The second-order valence-electron chi connectivity index (χ2n) is 3.92. The van der Waals surface area contributed by atoms with E-state index in [1.165, 1.54) is 0 Å². The van der Waals surface area contributed by atoms with E-state index in [0.29, 0.717) is 11.8 Å². The molecule has 1 fully saturated rings. The molecule has 0 radical (unpaired) electrons. The fourth-order valence-corrected chi connectivity index (χ4v) is 2.07. The fourth-order valence-electron chi connectivity index (χ4n) is 1.93. The van der Waals surface area contributed by atoms with E-state index < -0.39 is 0 Å². The molecule has 2 unspecified atom stereocenters. The maximum absolute atomic E-state index is 5.69. The predicted octanol–water partition coefficient (Wildman–Crippen LogP) is 2.74. The maximum atomic E-state index is 5.69. The average Bonchev–Trinajstić information content (AvgIpc) is 2.83. The first-order valence-electron chi connectivity index (χ1n) is 5.43. The van der Waals surface area contributed by atoms with Gasteiger partial charge in [0, 0.05) is 24.8 Å². The standard InChI is InChI=1S/C11H16ClNO2/c1-8-9(4-6-14-8)10-7-13-11(15-10)3-2-5-12/h7-9H,2-6H2,1H3. The third-order valence-electron chi connectivity index (χ3n) is 2.84. The van der Waals surface area contributed by atoms with Gasteiger partial charge in [-0.1, -0.05) is 0 Å². The molecule has 0 bridgehead atoms. The minimum atomic E-state index is 0.249. The second kappa shape index (κ2) is 4.99. The number of nitrogens with zero attached hydrogens (tertiary/aromatic N) is 1. The van der Waals surface area contributed by atoms with E-state index in [2.05, 4.69) is 11.9 Å². The highest BCUT2D eigenvalue weighted by atomic mass is 35.5. The lowest BCUT2D eigenvalue weighted by molar-refractivity contribution is 0.115. The van der Waals surface area contributed by atoms with Crippen molar-refractivity contribution in [3.8, 4) is 0 Å². The molecule has 1 aliphatic rings. The van der Waals surface area contributed by atoms with Crippen molar-refractivity contribution >= 4 is 11.6 Å². The monoisotopic (exact) mass is 229 g/mol. The van der Waals surface area contributed by atoms with Gasteiger partial charge in [-0.2, -0.15) is 0 Å². The van der Waals surface area contributed by atoms with Crippen LogP contribution in [-0.2, 0) is 11.2 Å². The number of aromatic nitrogens is 1. The van der Waals surface area contributed by atoms with Crippen LogP contribution in [-0.4, -0.2) is 23.6 Å². The quantitative estimate of drug-likeness (QED) is 0.745. The van der Waals surface area contributed by atoms with Crippen molar-refractivity contribution in [2.24, 2.45) is 0 Å². The number of hydrogen-bond acceptors (Lipinski definition) is 3. The molecule has 2 rings (SSSR count). The highest BCUT2D eigenvalue weighted by Crippen LogP contribution is 2.31. The lowest BCUT2D eigenvalue weighted by atomic mass is 10.0. The van der Waals surface area contributed by atoms with Gasteiger partial charge in [-0.25, -0.2) is 4.98 Å². The topological polar surface area (TPSA) is 35.3 Å². The molecule has 2 heterocycles. The van der Waals surface area contributed by atoms with Crippen LogP contribution in [0.4, 0.5) is 0 Å². The number of oxazole rings is 1. The van der Waals surface area contributed by atoms with Crippen molar-refractivity contribution in [2.45, 2.75) is 38.2 Å². The normalized spacial score (nSPS) is 26.0. The molecule has 0 aromatic carbocycles. The van der Waals surface area contributed by atoms with Gasteiger partial charge in [-0.15, -0.1) is 11.6 Å². The number of halogens is 1. The molecule has 0 N–H and O–H groups in total. The Balaban J connectivity index is 1.99. The second-order valence-corrected chi connectivity index (χ2v) is 4.30. The zero-order valence-corrected chi connectivity index (χ0v) is 9.67. The molecule has 0 aliphatic carbocycles. The first-order valence-corrected chi connectivity index (χ1v) is 5.97. The summed E-state index contributed by atoms with van der Waals surface area (Å²) < 4.78 is 11.2. The Morgan fingerprint density at radius 2 is 2.47 bits per heavy atom. The van der Waals surface area contributed by atoms with E-state index in [9.17, 15) is 0 Å². The number of hydrogen-bond donors (Lipinski definition) is 0. The van der Waals surface area contributed by atoms with E-state index in [-0.39, 0.29) is 6.10 Å². The molecule has 1 aromatic heterocycles. The number of rotatable bonds is 4. The van der Waals surface area contributed by atoms with Gasteiger partial charge in [0.15, 0.2) is 5.89 Å². The number of alkyl halides is 1. The smallest absolute Gasteiger partial charge is 0.194 e. The van der Waals surface area contributed by atoms with Crippen molar-refractivity contribution in [1.29, 1.82) is 0 Å². The Morgan fingerprint density at radius 3 is 3.13 bits per heavy atom. The molecule has 1 aromatic rings. The summed E-state index contributed by atoms with van der Waals surface area (Å²) in [6.07, 6.45) is 4.85. The average molecular weight is 230 g/mol. The zero-order chi connectivity index (χ0) is 10.7. The van der Waals surface area contributed by atoms with Crippen LogP contribution >= 0.6 is 11.6 Å². The first-order chi connectivity index (χ1) is 7.31. The Morgan fingerprint density at radius 1 is 1.60 bits per heavy atom. The summed E-state index contributed by atoms with van der Waals surface area (Å²) in [6.45, 7) is 2.90. The van der Waals surface area contributed by atoms with Crippen LogP contribution in [0.3, 0.4) is 0 Å². The van der Waals surface area contributed by atoms with Gasteiger partial charge in [0.1, 0.15) is 5.76 Å². The van der Waals surface area contributed by atoms with Crippen molar-refractivity contribution in [3.63, 3.8) is 0 Å². The number of ether oxygens (including phenoxy) is 1. The van der Waals surface area contributed by atoms with Crippen molar-refractivity contribution in [2.75, 3.05) is 12.5 Å². The molecule has 0 amide bonds. The van der Waals surface area contributed by atoms with Crippen LogP contribution in [0.2, 0.25) is 0 Å². The van der Waals surface area contributed by atoms with Crippen molar-refractivity contribution in [1.82, 2.24) is 4.98 Å². The van der Waals surface area contributed by atoms with E-state index in [1.54, 1.807) is 0 Å². The number of aryl methyl sites for hydroxylation is 1. The van der Waals surface area contributed by atoms with Crippen LogP contribution in [0.5, 0.6) is 0 Å². The van der Waals surface area contributed by atoms with Gasteiger partial charge < -0.3 is 9.15 Å². The van der Waals surface area contributed by atoms with Gasteiger partial charge in [0.2, 0.25) is 0 Å². The van der Waals surface area contributed by atoms with Crippen LogP contribution < -0.4 is 0 Å².